The molecule has 1 saturated heterocycles. The number of fused-ring (bicyclic) bond motifs is 3. The summed E-state index contributed by atoms with van der Waals surface area (Å²) in [5, 5.41) is 5.99. The SMILES string of the molecule is C=C1[C@@H]2c3c(C(F)(F)F)nn(CC(=O)N[C@@H](Cc4cc(F)cc(F)c4)c4nc(C#Cc5cnc(C6CCCN6C(=O)OC(C)(C)C)[nH]5)ccc4Br)c3C(F)(F)[C@H]12. The Hall–Kier alpha value is -5.18. The summed E-state index contributed by atoms with van der Waals surface area (Å²) in [7, 11) is 0. The van der Waals surface area contributed by atoms with Gasteiger partial charge in [0, 0.05) is 28.6 Å². The Labute approximate surface area is 324 Å². The molecule has 4 aromatic rings. The van der Waals surface area contributed by atoms with Crippen LogP contribution in [0.15, 0.2) is 53.2 Å². The van der Waals surface area contributed by atoms with E-state index in [0.29, 0.717) is 39.7 Å². The summed E-state index contributed by atoms with van der Waals surface area (Å²) < 4.78 is 107. The fourth-order valence-electron chi connectivity index (χ4n) is 7.32. The molecule has 1 saturated carbocycles. The zero-order chi connectivity index (χ0) is 40.5. The summed E-state index contributed by atoms with van der Waals surface area (Å²) >= 11 is 3.38. The van der Waals surface area contributed by atoms with Gasteiger partial charge in [0.15, 0.2) is 5.69 Å². The number of nitrogens with one attached hydrogen (secondary N) is 2. The van der Waals surface area contributed by atoms with Crippen LogP contribution in [0.1, 0.15) is 97.0 Å². The van der Waals surface area contributed by atoms with Crippen molar-refractivity contribution in [1.82, 2.24) is 34.9 Å². The van der Waals surface area contributed by atoms with Crippen molar-refractivity contribution in [3.05, 3.63) is 110 Å². The number of allylic oxidation sites excluding steroid dienone is 1. The van der Waals surface area contributed by atoms with Crippen molar-refractivity contribution < 1.29 is 45.1 Å². The van der Waals surface area contributed by atoms with Gasteiger partial charge in [0.25, 0.3) is 5.92 Å². The van der Waals surface area contributed by atoms with Gasteiger partial charge in [0.1, 0.15) is 46.7 Å². The lowest BCUT2D eigenvalue weighted by molar-refractivity contribution is -0.142. The molecule has 4 heterocycles. The highest BCUT2D eigenvalue weighted by Crippen LogP contribution is 2.71. The number of hydrogen-bond donors (Lipinski definition) is 2. The summed E-state index contributed by atoms with van der Waals surface area (Å²) in [6.07, 6.45) is -2.90. The smallest absolute Gasteiger partial charge is 0.435 e. The summed E-state index contributed by atoms with van der Waals surface area (Å²) in [4.78, 5) is 40.0. The molecule has 294 valence electrons. The molecule has 3 aromatic heterocycles. The first-order valence-corrected chi connectivity index (χ1v) is 18.2. The number of likely N-dealkylation sites (tertiary alicyclic amines) is 1. The van der Waals surface area contributed by atoms with Crippen LogP contribution in [0.25, 0.3) is 0 Å². The molecule has 0 bridgehead atoms. The predicted molar refractivity (Wildman–Crippen MR) is 189 cm³/mol. The number of aromatic nitrogens is 5. The minimum atomic E-state index is -5.07. The van der Waals surface area contributed by atoms with E-state index < -0.39 is 82.7 Å². The van der Waals surface area contributed by atoms with Gasteiger partial charge in [-0.2, -0.15) is 27.1 Å². The molecule has 3 aliphatic rings. The number of carbonyl (C=O) groups excluding carboxylic acids is 2. The zero-order valence-corrected chi connectivity index (χ0v) is 31.6. The number of hydrogen-bond acceptors (Lipinski definition) is 6. The lowest BCUT2D eigenvalue weighted by Gasteiger charge is -2.27. The first-order valence-electron chi connectivity index (χ1n) is 17.4. The number of benzene rings is 1. The molecule has 2 amide bonds. The van der Waals surface area contributed by atoms with Crippen molar-refractivity contribution in [2.24, 2.45) is 5.92 Å². The third-order valence-electron chi connectivity index (χ3n) is 9.61. The number of aromatic amines is 1. The van der Waals surface area contributed by atoms with Crippen LogP contribution >= 0.6 is 15.9 Å². The second-order valence-electron chi connectivity index (χ2n) is 14.8. The maximum atomic E-state index is 15.4. The van der Waals surface area contributed by atoms with Crippen molar-refractivity contribution in [2.45, 2.75) is 82.3 Å². The van der Waals surface area contributed by atoms with E-state index >= 15 is 8.78 Å². The summed E-state index contributed by atoms with van der Waals surface area (Å²) in [5.41, 5.74) is -3.15. The summed E-state index contributed by atoms with van der Waals surface area (Å²) in [6, 6.07) is 4.27. The Kier molecular flexibility index (Phi) is 9.83. The predicted octanol–water partition coefficient (Wildman–Crippen LogP) is 8.01. The van der Waals surface area contributed by atoms with E-state index in [1.807, 2.05) is 0 Å². The summed E-state index contributed by atoms with van der Waals surface area (Å²) in [5.74, 6) is -3.00. The molecule has 1 unspecified atom stereocenters. The van der Waals surface area contributed by atoms with Crippen LogP contribution in [-0.4, -0.2) is 53.8 Å². The van der Waals surface area contributed by atoms with Gasteiger partial charge in [-0.25, -0.2) is 23.5 Å². The molecular formula is C38H33BrF7N7O3. The van der Waals surface area contributed by atoms with Gasteiger partial charge in [0.2, 0.25) is 5.91 Å². The van der Waals surface area contributed by atoms with Crippen molar-refractivity contribution in [3.8, 4) is 11.8 Å². The molecule has 0 spiro atoms. The van der Waals surface area contributed by atoms with Gasteiger partial charge < -0.3 is 15.0 Å². The van der Waals surface area contributed by atoms with Gasteiger partial charge in [-0.15, -0.1) is 0 Å². The minimum absolute atomic E-state index is 0.0371. The third-order valence-corrected chi connectivity index (χ3v) is 10.3. The first kappa shape index (κ1) is 39.1. The fraction of sp³-hybridized carbons (Fsp3) is 0.395. The maximum absolute atomic E-state index is 15.4. The highest BCUT2D eigenvalue weighted by molar-refractivity contribution is 9.10. The van der Waals surface area contributed by atoms with Crippen LogP contribution < -0.4 is 5.32 Å². The molecule has 7 rings (SSSR count). The first-order chi connectivity index (χ1) is 26.2. The Morgan fingerprint density at radius 1 is 1.14 bits per heavy atom. The number of imidazole rings is 1. The molecule has 0 radical (unpaired) electrons. The lowest BCUT2D eigenvalue weighted by atomic mass is 10.0. The van der Waals surface area contributed by atoms with E-state index in [0.717, 1.165) is 18.6 Å². The Bertz CT molecular complexity index is 2300. The van der Waals surface area contributed by atoms with Crippen LogP contribution in [0, 0.1) is 29.4 Å². The fourth-order valence-corrected chi connectivity index (χ4v) is 7.82. The average molecular weight is 849 g/mol. The Balaban J connectivity index is 1.15. The van der Waals surface area contributed by atoms with E-state index in [1.165, 1.54) is 6.20 Å². The highest BCUT2D eigenvalue weighted by atomic mass is 79.9. The quantitative estimate of drug-likeness (QED) is 0.111. The van der Waals surface area contributed by atoms with Crippen molar-refractivity contribution in [3.63, 3.8) is 0 Å². The molecular weight excluding hydrogens is 815 g/mol. The van der Waals surface area contributed by atoms with Crippen LogP contribution in [-0.2, 0) is 34.6 Å². The number of nitrogens with zero attached hydrogens (tertiary/aromatic N) is 5. The standard InChI is InChI=1S/C38H33BrF7N7O3/c1-18-28-29-32(38(44,45)46)51-53(33(29)37(42,43)30(18)28)17-27(54)50-25(14-19-12-20(40)15-21(41)13-19)31-24(39)10-9-22(48-31)7-8-23-16-47-34(49-23)26-6-5-11-52(26)35(55)56-36(2,3)4/h9-10,12-13,15-16,25-26,28,30H,1,5-6,11,14,17H2,2-4H3,(H,47,49)(H,50,54)/t25-,26?,28+,30+/m0/s1. The molecule has 10 nitrogen and oxygen atoms in total. The van der Waals surface area contributed by atoms with E-state index in [-0.39, 0.29) is 35.0 Å². The van der Waals surface area contributed by atoms with Crippen molar-refractivity contribution >= 4 is 27.9 Å². The van der Waals surface area contributed by atoms with E-state index in [1.54, 1.807) is 37.8 Å². The third kappa shape index (κ3) is 7.65. The van der Waals surface area contributed by atoms with Gasteiger partial charge in [-0.05, 0) is 97.6 Å². The number of rotatable bonds is 7. The number of alkyl halides is 5. The zero-order valence-electron chi connectivity index (χ0n) is 30.0. The molecule has 4 atom stereocenters. The monoisotopic (exact) mass is 847 g/mol. The number of halogens is 8. The summed E-state index contributed by atoms with van der Waals surface area (Å²) in [6.45, 7) is 8.29. The van der Waals surface area contributed by atoms with Crippen molar-refractivity contribution in [1.29, 1.82) is 0 Å². The normalized spacial score (nSPS) is 20.2. The maximum Gasteiger partial charge on any atom is 0.435 e. The van der Waals surface area contributed by atoms with Crippen molar-refractivity contribution in [2.75, 3.05) is 6.54 Å². The van der Waals surface area contributed by atoms with Crippen LogP contribution in [0.2, 0.25) is 0 Å². The molecule has 18 heteroatoms. The average Bonchev–Trinajstić information content (AvgIpc) is 3.57. The number of amides is 2. The largest absolute Gasteiger partial charge is 0.444 e. The topological polar surface area (TPSA) is 118 Å². The molecule has 2 fully saturated rings. The van der Waals surface area contributed by atoms with E-state index in [2.05, 4.69) is 59.7 Å². The number of pyridine rings is 1. The van der Waals surface area contributed by atoms with Crippen LogP contribution in [0.4, 0.5) is 35.5 Å². The molecule has 2 aliphatic carbocycles. The number of H-pyrrole nitrogens is 1. The molecule has 56 heavy (non-hydrogen) atoms. The van der Waals surface area contributed by atoms with Crippen LogP contribution in [0.5, 0.6) is 0 Å². The Morgan fingerprint density at radius 3 is 2.54 bits per heavy atom. The van der Waals surface area contributed by atoms with Gasteiger partial charge in [0.05, 0.1) is 29.9 Å². The minimum Gasteiger partial charge on any atom is -0.444 e. The highest BCUT2D eigenvalue weighted by Gasteiger charge is 2.71. The molecule has 1 aliphatic heterocycles. The van der Waals surface area contributed by atoms with Gasteiger partial charge in [-0.3, -0.25) is 14.4 Å². The molecule has 2 N–H and O–H groups in total. The Morgan fingerprint density at radius 2 is 1.86 bits per heavy atom. The van der Waals surface area contributed by atoms with Gasteiger partial charge >= 0.3 is 12.3 Å². The van der Waals surface area contributed by atoms with Crippen LogP contribution in [0.3, 0.4) is 0 Å². The lowest BCUT2D eigenvalue weighted by Crippen LogP contribution is -2.36. The second kappa shape index (κ2) is 14.1. The van der Waals surface area contributed by atoms with Gasteiger partial charge in [-0.1, -0.05) is 12.2 Å². The number of carbonyl (C=O) groups is 2. The number of ether oxygens (including phenoxy) is 1. The second-order valence-corrected chi connectivity index (χ2v) is 15.7. The van der Waals surface area contributed by atoms with E-state index in [9.17, 15) is 31.5 Å². The van der Waals surface area contributed by atoms with E-state index in [4.69, 9.17) is 4.74 Å². The molecule has 1 aromatic carbocycles.